The molecule has 0 N–H and O–H groups in total. The van der Waals surface area contributed by atoms with Gasteiger partial charge in [-0.25, -0.2) is 0 Å². The zero-order valence-electron chi connectivity index (χ0n) is 14.5. The molecule has 140 valence electrons. The summed E-state index contributed by atoms with van der Waals surface area (Å²) in [6.45, 7) is -0.171. The molecule has 0 saturated carbocycles. The molecule has 1 saturated heterocycles. The van der Waals surface area contributed by atoms with Crippen LogP contribution in [0.5, 0.6) is 0 Å². The Morgan fingerprint density at radius 2 is 2.00 bits per heavy atom. The highest BCUT2D eigenvalue weighted by atomic mass is 32.2. The first-order valence-corrected chi connectivity index (χ1v) is 9.46. The molecule has 0 radical (unpaired) electrons. The molecule has 9 heteroatoms. The summed E-state index contributed by atoms with van der Waals surface area (Å²) in [5, 5.41) is 12.3. The highest BCUT2D eigenvalue weighted by molar-refractivity contribution is 7.98. The standard InChI is InChI=1S/C18H17N3O5S/c1-27-12-26-20-16(22)11-19(18(23)13-6-3-2-4-7-13)17(20)14-8-5-9-15(10-14)21(24)25/h2-10,17H,11-12H2,1H3/t17-/m1/s1. The van der Waals surface area contributed by atoms with E-state index < -0.39 is 11.1 Å². The summed E-state index contributed by atoms with van der Waals surface area (Å²) in [6.07, 6.45) is 0.938. The van der Waals surface area contributed by atoms with E-state index in [-0.39, 0.29) is 30.0 Å². The predicted molar refractivity (Wildman–Crippen MR) is 99.6 cm³/mol. The lowest BCUT2D eigenvalue weighted by Gasteiger charge is -2.29. The van der Waals surface area contributed by atoms with Gasteiger partial charge in [0.1, 0.15) is 12.5 Å². The molecule has 0 unspecified atom stereocenters. The van der Waals surface area contributed by atoms with Gasteiger partial charge >= 0.3 is 0 Å². The average molecular weight is 387 g/mol. The van der Waals surface area contributed by atoms with Crippen molar-refractivity contribution in [3.05, 3.63) is 75.8 Å². The summed E-state index contributed by atoms with van der Waals surface area (Å²) < 4.78 is 0. The van der Waals surface area contributed by atoms with Crippen LogP contribution in [0.4, 0.5) is 5.69 Å². The average Bonchev–Trinajstić information content (AvgIpc) is 3.02. The topological polar surface area (TPSA) is 93.0 Å². The number of carbonyl (C=O) groups excluding carboxylic acids is 2. The van der Waals surface area contributed by atoms with E-state index >= 15 is 0 Å². The van der Waals surface area contributed by atoms with Crippen molar-refractivity contribution in [1.82, 2.24) is 9.96 Å². The molecule has 1 fully saturated rings. The Labute approximate surface area is 159 Å². The van der Waals surface area contributed by atoms with Crippen LogP contribution in [0.25, 0.3) is 0 Å². The second kappa shape index (κ2) is 8.19. The molecule has 2 aromatic rings. The Hall–Kier alpha value is -2.91. The van der Waals surface area contributed by atoms with Crippen LogP contribution in [-0.2, 0) is 9.63 Å². The third-order valence-corrected chi connectivity index (χ3v) is 4.38. The van der Waals surface area contributed by atoms with Crippen LogP contribution in [0.3, 0.4) is 0 Å². The molecule has 1 atom stereocenters. The van der Waals surface area contributed by atoms with Crippen molar-refractivity contribution in [2.75, 3.05) is 18.7 Å². The molecule has 2 amide bonds. The summed E-state index contributed by atoms with van der Waals surface area (Å²) in [5.41, 5.74) is 0.733. The fourth-order valence-electron chi connectivity index (χ4n) is 2.86. The smallest absolute Gasteiger partial charge is 0.269 e. The lowest BCUT2D eigenvalue weighted by Crippen LogP contribution is -2.35. The summed E-state index contributed by atoms with van der Waals surface area (Å²) in [7, 11) is 0. The van der Waals surface area contributed by atoms with Crippen molar-refractivity contribution < 1.29 is 19.3 Å². The lowest BCUT2D eigenvalue weighted by atomic mass is 10.1. The van der Waals surface area contributed by atoms with Crippen molar-refractivity contribution in [1.29, 1.82) is 0 Å². The molecule has 2 aromatic carbocycles. The monoisotopic (exact) mass is 387 g/mol. The second-order valence-corrected chi connectivity index (χ2v) is 6.59. The van der Waals surface area contributed by atoms with Gasteiger partial charge < -0.3 is 4.90 Å². The maximum absolute atomic E-state index is 13.0. The second-order valence-electron chi connectivity index (χ2n) is 5.78. The van der Waals surface area contributed by atoms with Gasteiger partial charge in [0.25, 0.3) is 17.5 Å². The maximum atomic E-state index is 13.0. The number of amides is 2. The quantitative estimate of drug-likeness (QED) is 0.430. The maximum Gasteiger partial charge on any atom is 0.269 e. The molecule has 1 aliphatic heterocycles. The Morgan fingerprint density at radius 3 is 2.67 bits per heavy atom. The number of thioether (sulfide) groups is 1. The highest BCUT2D eigenvalue weighted by Gasteiger charge is 2.43. The Bertz CT molecular complexity index is 861. The molecule has 27 heavy (non-hydrogen) atoms. The molecule has 0 bridgehead atoms. The van der Waals surface area contributed by atoms with E-state index in [1.165, 1.54) is 34.9 Å². The van der Waals surface area contributed by atoms with E-state index in [1.807, 2.05) is 6.26 Å². The van der Waals surface area contributed by atoms with Crippen LogP contribution in [0.2, 0.25) is 0 Å². The Morgan fingerprint density at radius 1 is 1.26 bits per heavy atom. The van der Waals surface area contributed by atoms with Gasteiger partial charge in [-0.05, 0) is 18.4 Å². The molecular weight excluding hydrogens is 370 g/mol. The largest absolute Gasteiger partial charge is 0.302 e. The number of benzene rings is 2. The van der Waals surface area contributed by atoms with Crippen LogP contribution in [-0.4, -0.2) is 45.4 Å². The number of carbonyl (C=O) groups is 2. The minimum atomic E-state index is -0.878. The fourth-order valence-corrected chi connectivity index (χ4v) is 3.08. The highest BCUT2D eigenvalue weighted by Crippen LogP contribution is 2.34. The molecule has 0 aliphatic carbocycles. The number of hydrogen-bond acceptors (Lipinski definition) is 6. The fraction of sp³-hybridized carbons (Fsp3) is 0.222. The third kappa shape index (κ3) is 3.93. The summed E-state index contributed by atoms with van der Waals surface area (Å²) in [5.74, 6) is -0.523. The van der Waals surface area contributed by atoms with Gasteiger partial charge in [-0.15, -0.1) is 11.8 Å². The summed E-state index contributed by atoms with van der Waals surface area (Å²) in [4.78, 5) is 43.0. The third-order valence-electron chi connectivity index (χ3n) is 4.04. The van der Waals surface area contributed by atoms with Gasteiger partial charge in [-0.3, -0.25) is 24.5 Å². The molecule has 8 nitrogen and oxygen atoms in total. The van der Waals surface area contributed by atoms with Gasteiger partial charge in [0.15, 0.2) is 6.17 Å². The van der Waals surface area contributed by atoms with E-state index in [4.69, 9.17) is 4.84 Å². The first-order valence-electron chi connectivity index (χ1n) is 8.07. The lowest BCUT2D eigenvalue weighted by molar-refractivity contribution is -0.385. The van der Waals surface area contributed by atoms with E-state index in [9.17, 15) is 19.7 Å². The molecule has 1 heterocycles. The number of hydrogen-bond donors (Lipinski definition) is 0. The van der Waals surface area contributed by atoms with E-state index in [0.29, 0.717) is 11.1 Å². The molecular formula is C18H17N3O5S. The molecule has 1 aliphatic rings. The number of nitrogens with zero attached hydrogens (tertiary/aromatic N) is 3. The van der Waals surface area contributed by atoms with Gasteiger partial charge in [0.2, 0.25) is 0 Å². The number of nitro groups is 1. The van der Waals surface area contributed by atoms with Gasteiger partial charge in [-0.1, -0.05) is 30.3 Å². The number of nitro benzene ring substituents is 1. The van der Waals surface area contributed by atoms with Gasteiger partial charge in [-0.2, -0.15) is 5.06 Å². The van der Waals surface area contributed by atoms with E-state index in [1.54, 1.807) is 36.4 Å². The van der Waals surface area contributed by atoms with E-state index in [0.717, 1.165) is 5.06 Å². The number of hydroxylamine groups is 2. The van der Waals surface area contributed by atoms with Crippen molar-refractivity contribution in [3.8, 4) is 0 Å². The van der Waals surface area contributed by atoms with Crippen LogP contribution in [0, 0.1) is 10.1 Å². The van der Waals surface area contributed by atoms with Crippen molar-refractivity contribution in [2.24, 2.45) is 0 Å². The normalized spacial score (nSPS) is 16.6. The van der Waals surface area contributed by atoms with Crippen LogP contribution < -0.4 is 0 Å². The van der Waals surface area contributed by atoms with Crippen molar-refractivity contribution >= 4 is 29.3 Å². The first kappa shape index (κ1) is 18.9. The molecule has 0 aromatic heterocycles. The number of rotatable bonds is 6. The van der Waals surface area contributed by atoms with Crippen LogP contribution >= 0.6 is 11.8 Å². The molecule has 3 rings (SSSR count). The van der Waals surface area contributed by atoms with E-state index in [2.05, 4.69) is 0 Å². The van der Waals surface area contributed by atoms with Crippen LogP contribution in [0.15, 0.2) is 54.6 Å². The predicted octanol–water partition coefficient (Wildman–Crippen LogP) is 2.83. The minimum Gasteiger partial charge on any atom is -0.302 e. The van der Waals surface area contributed by atoms with Crippen molar-refractivity contribution in [3.63, 3.8) is 0 Å². The zero-order valence-corrected chi connectivity index (χ0v) is 15.3. The van der Waals surface area contributed by atoms with Gasteiger partial charge in [0, 0.05) is 23.3 Å². The minimum absolute atomic E-state index is 0.122. The Kier molecular flexibility index (Phi) is 5.72. The summed E-state index contributed by atoms with van der Waals surface area (Å²) >= 11 is 1.37. The zero-order chi connectivity index (χ0) is 19.4. The first-order chi connectivity index (χ1) is 13.0. The van der Waals surface area contributed by atoms with Crippen LogP contribution in [0.1, 0.15) is 22.1 Å². The number of non-ortho nitro benzene ring substituents is 1. The van der Waals surface area contributed by atoms with Crippen molar-refractivity contribution in [2.45, 2.75) is 6.17 Å². The SMILES string of the molecule is CSCON1C(=O)CN(C(=O)c2ccccc2)[C@H]1c1cccc([N+](=O)[O-])c1. The molecule has 0 spiro atoms. The summed E-state index contributed by atoms with van der Waals surface area (Å²) in [6, 6.07) is 14.4. The van der Waals surface area contributed by atoms with Gasteiger partial charge in [0.05, 0.1) is 4.92 Å². The Balaban J connectivity index is 2.01.